The summed E-state index contributed by atoms with van der Waals surface area (Å²) < 4.78 is 18.6. The van der Waals surface area contributed by atoms with Crippen molar-refractivity contribution in [2.75, 3.05) is 7.11 Å². The summed E-state index contributed by atoms with van der Waals surface area (Å²) in [6, 6.07) is 4.50. The second kappa shape index (κ2) is 5.16. The summed E-state index contributed by atoms with van der Waals surface area (Å²) in [5, 5.41) is 0.591. The molecule has 0 amide bonds. The Balaban J connectivity index is 2.48. The molecule has 1 heterocycles. The van der Waals surface area contributed by atoms with Gasteiger partial charge in [0.15, 0.2) is 5.69 Å². The van der Waals surface area contributed by atoms with E-state index in [9.17, 15) is 9.18 Å². The maximum Gasteiger partial charge on any atom is 0.357 e. The molecule has 0 N–H and O–H groups in total. The number of benzene rings is 1. The van der Waals surface area contributed by atoms with Crippen molar-refractivity contribution in [3.05, 3.63) is 39.1 Å². The maximum absolute atomic E-state index is 13.3. The molecule has 2 aromatic rings. The average molecular weight is 330 g/mol. The molecule has 0 atom stereocenters. The number of aromatic nitrogens is 1. The number of halogens is 2. The minimum atomic E-state index is -0.481. The van der Waals surface area contributed by atoms with Crippen molar-refractivity contribution in [3.8, 4) is 10.6 Å². The van der Waals surface area contributed by atoms with Gasteiger partial charge in [0.1, 0.15) is 10.8 Å². The van der Waals surface area contributed by atoms with E-state index in [0.29, 0.717) is 15.0 Å². The highest BCUT2D eigenvalue weighted by Crippen LogP contribution is 2.30. The molecule has 0 saturated carbocycles. The van der Waals surface area contributed by atoms with Crippen LogP contribution in [0.15, 0.2) is 22.7 Å². The number of carbonyl (C=O) groups excluding carboxylic acids is 1. The first-order chi connectivity index (χ1) is 8.51. The molecule has 3 nitrogen and oxygen atoms in total. The monoisotopic (exact) mass is 329 g/mol. The van der Waals surface area contributed by atoms with E-state index in [1.807, 2.05) is 0 Å². The fourth-order valence-electron chi connectivity index (χ4n) is 1.48. The Hall–Kier alpha value is -1.27. The molecule has 1 aromatic carbocycles. The average Bonchev–Trinajstić information content (AvgIpc) is 2.69. The molecule has 94 valence electrons. The Morgan fingerprint density at radius 2 is 2.17 bits per heavy atom. The predicted molar refractivity (Wildman–Crippen MR) is 71.3 cm³/mol. The van der Waals surface area contributed by atoms with Crippen molar-refractivity contribution >= 4 is 33.2 Å². The zero-order valence-electron chi connectivity index (χ0n) is 9.66. The number of thiazole rings is 1. The number of hydrogen-bond donors (Lipinski definition) is 0. The third-order valence-corrected chi connectivity index (χ3v) is 3.76. The fraction of sp³-hybridized carbons (Fsp3) is 0.167. The van der Waals surface area contributed by atoms with Gasteiger partial charge in [-0.1, -0.05) is 15.9 Å². The summed E-state index contributed by atoms with van der Waals surface area (Å²) in [7, 11) is 1.31. The third kappa shape index (κ3) is 2.59. The molecule has 0 unspecified atom stereocenters. The quantitative estimate of drug-likeness (QED) is 0.786. The summed E-state index contributed by atoms with van der Waals surface area (Å²) >= 11 is 4.55. The summed E-state index contributed by atoms with van der Waals surface area (Å²) in [5.41, 5.74) is 0.906. The highest BCUT2D eigenvalue weighted by atomic mass is 79.9. The van der Waals surface area contributed by atoms with Gasteiger partial charge in [0, 0.05) is 14.9 Å². The lowest BCUT2D eigenvalue weighted by Crippen LogP contribution is -2.03. The molecule has 0 aliphatic rings. The molecule has 18 heavy (non-hydrogen) atoms. The highest BCUT2D eigenvalue weighted by molar-refractivity contribution is 9.10. The lowest BCUT2D eigenvalue weighted by Gasteiger charge is -1.98. The summed E-state index contributed by atoms with van der Waals surface area (Å²) in [4.78, 5) is 16.4. The van der Waals surface area contributed by atoms with Gasteiger partial charge in [-0.15, -0.1) is 11.3 Å². The van der Waals surface area contributed by atoms with E-state index in [1.54, 1.807) is 13.0 Å². The van der Waals surface area contributed by atoms with Crippen molar-refractivity contribution in [1.29, 1.82) is 0 Å². The zero-order valence-corrected chi connectivity index (χ0v) is 12.1. The van der Waals surface area contributed by atoms with Crippen LogP contribution in [-0.2, 0) is 4.74 Å². The number of nitrogens with zero attached hydrogens (tertiary/aromatic N) is 1. The van der Waals surface area contributed by atoms with E-state index in [4.69, 9.17) is 0 Å². The first-order valence-electron chi connectivity index (χ1n) is 5.03. The molecule has 0 saturated heterocycles. The van der Waals surface area contributed by atoms with E-state index in [1.165, 1.54) is 30.6 Å². The number of rotatable bonds is 2. The Labute approximate surface area is 116 Å². The molecule has 0 fully saturated rings. The summed E-state index contributed by atoms with van der Waals surface area (Å²) in [5.74, 6) is -0.836. The molecule has 0 bridgehead atoms. The van der Waals surface area contributed by atoms with Gasteiger partial charge in [-0.25, -0.2) is 14.2 Å². The molecule has 6 heteroatoms. The van der Waals surface area contributed by atoms with E-state index in [-0.39, 0.29) is 11.5 Å². The highest BCUT2D eigenvalue weighted by Gasteiger charge is 2.17. The van der Waals surface area contributed by atoms with E-state index in [2.05, 4.69) is 25.7 Å². The second-order valence-corrected chi connectivity index (χ2v) is 5.69. The van der Waals surface area contributed by atoms with Crippen molar-refractivity contribution in [2.24, 2.45) is 0 Å². The number of carbonyl (C=O) groups is 1. The predicted octanol–water partition coefficient (Wildman–Crippen LogP) is 3.81. The first-order valence-corrected chi connectivity index (χ1v) is 6.64. The Bertz CT molecular complexity index is 592. The topological polar surface area (TPSA) is 39.2 Å². The SMILES string of the molecule is COC(=O)c1nc(-c2cc(F)cc(Br)c2)sc1C. The largest absolute Gasteiger partial charge is 0.464 e. The maximum atomic E-state index is 13.3. The number of methoxy groups -OCH3 is 1. The molecule has 0 spiro atoms. The van der Waals surface area contributed by atoms with Crippen LogP contribution < -0.4 is 0 Å². The Morgan fingerprint density at radius 3 is 2.78 bits per heavy atom. The van der Waals surface area contributed by atoms with Crippen molar-refractivity contribution in [1.82, 2.24) is 4.98 Å². The molecule has 1 aromatic heterocycles. The number of ether oxygens (including phenoxy) is 1. The second-order valence-electron chi connectivity index (χ2n) is 3.57. The van der Waals surface area contributed by atoms with E-state index < -0.39 is 5.97 Å². The minimum absolute atomic E-state index is 0.276. The van der Waals surface area contributed by atoms with Gasteiger partial charge in [-0.05, 0) is 25.1 Å². The first kappa shape index (κ1) is 13.2. The normalized spacial score (nSPS) is 10.4. The van der Waals surface area contributed by atoms with E-state index >= 15 is 0 Å². The summed E-state index contributed by atoms with van der Waals surface area (Å²) in [6.07, 6.45) is 0. The molecule has 2 rings (SSSR count). The van der Waals surface area contributed by atoms with Crippen LogP contribution in [0, 0.1) is 12.7 Å². The van der Waals surface area contributed by atoms with Crippen LogP contribution in [0.4, 0.5) is 4.39 Å². The van der Waals surface area contributed by atoms with Crippen LogP contribution in [0.2, 0.25) is 0 Å². The smallest absolute Gasteiger partial charge is 0.357 e. The molecular formula is C12H9BrFNO2S. The third-order valence-electron chi connectivity index (χ3n) is 2.28. The fourth-order valence-corrected chi connectivity index (χ4v) is 2.84. The van der Waals surface area contributed by atoms with Crippen LogP contribution in [0.5, 0.6) is 0 Å². The van der Waals surface area contributed by atoms with Gasteiger partial charge in [0.25, 0.3) is 0 Å². The Morgan fingerprint density at radius 1 is 1.44 bits per heavy atom. The van der Waals surface area contributed by atoms with Gasteiger partial charge in [0.2, 0.25) is 0 Å². The number of hydrogen-bond acceptors (Lipinski definition) is 4. The van der Waals surface area contributed by atoms with Gasteiger partial charge in [0.05, 0.1) is 7.11 Å². The standard InChI is InChI=1S/C12H9BrFNO2S/c1-6-10(12(16)17-2)15-11(18-6)7-3-8(13)5-9(14)4-7/h3-5H,1-2H3. The van der Waals surface area contributed by atoms with Crippen molar-refractivity contribution in [2.45, 2.75) is 6.92 Å². The minimum Gasteiger partial charge on any atom is -0.464 e. The molecule has 0 radical (unpaired) electrons. The summed E-state index contributed by atoms with van der Waals surface area (Å²) in [6.45, 7) is 1.78. The zero-order chi connectivity index (χ0) is 13.3. The molecule has 0 aliphatic heterocycles. The van der Waals surface area contributed by atoms with Gasteiger partial charge in [-0.3, -0.25) is 0 Å². The van der Waals surface area contributed by atoms with Crippen LogP contribution in [-0.4, -0.2) is 18.1 Å². The van der Waals surface area contributed by atoms with Crippen LogP contribution in [0.1, 0.15) is 15.4 Å². The van der Waals surface area contributed by atoms with Crippen LogP contribution >= 0.6 is 27.3 Å². The van der Waals surface area contributed by atoms with Gasteiger partial charge >= 0.3 is 5.97 Å². The molecular weight excluding hydrogens is 321 g/mol. The number of esters is 1. The van der Waals surface area contributed by atoms with Crippen LogP contribution in [0.3, 0.4) is 0 Å². The van der Waals surface area contributed by atoms with Crippen molar-refractivity contribution < 1.29 is 13.9 Å². The molecule has 0 aliphatic carbocycles. The Kier molecular flexibility index (Phi) is 3.77. The van der Waals surface area contributed by atoms with Gasteiger partial charge in [-0.2, -0.15) is 0 Å². The lowest BCUT2D eigenvalue weighted by molar-refractivity contribution is 0.0594. The number of aryl methyl sites for hydroxylation is 1. The lowest BCUT2D eigenvalue weighted by atomic mass is 10.2. The van der Waals surface area contributed by atoms with Gasteiger partial charge < -0.3 is 4.74 Å². The van der Waals surface area contributed by atoms with Crippen molar-refractivity contribution in [3.63, 3.8) is 0 Å². The van der Waals surface area contributed by atoms with E-state index in [0.717, 1.165) is 4.88 Å². The van der Waals surface area contributed by atoms with Crippen LogP contribution in [0.25, 0.3) is 10.6 Å².